The Morgan fingerprint density at radius 2 is 1.76 bits per heavy atom. The van der Waals surface area contributed by atoms with Crippen molar-refractivity contribution >= 4 is 0 Å². The number of hydrogen-bond donors (Lipinski definition) is 2. The van der Waals surface area contributed by atoms with Gasteiger partial charge in [0, 0.05) is 19.0 Å². The van der Waals surface area contributed by atoms with Gasteiger partial charge in [0.15, 0.2) is 0 Å². The fourth-order valence-electron chi connectivity index (χ4n) is 2.50. The highest BCUT2D eigenvalue weighted by Crippen LogP contribution is 2.34. The molecule has 0 saturated carbocycles. The Bertz CT molecular complexity index is 334. The van der Waals surface area contributed by atoms with Crippen LogP contribution in [-0.2, 0) is 0 Å². The minimum absolute atomic E-state index is 0.0293. The van der Waals surface area contributed by atoms with Gasteiger partial charge in [-0.15, -0.1) is 0 Å². The van der Waals surface area contributed by atoms with E-state index in [1.54, 1.807) is 0 Å². The maximum Gasteiger partial charge on any atom is 0.0670 e. The van der Waals surface area contributed by atoms with Crippen molar-refractivity contribution in [3.8, 4) is 0 Å². The summed E-state index contributed by atoms with van der Waals surface area (Å²) in [5.74, 6) is 0.542. The van der Waals surface area contributed by atoms with E-state index >= 15 is 0 Å². The molecule has 2 N–H and O–H groups in total. The Kier molecular flexibility index (Phi) is 3.82. The van der Waals surface area contributed by atoms with Crippen LogP contribution in [0.4, 0.5) is 0 Å². The Morgan fingerprint density at radius 3 is 2.24 bits per heavy atom. The second-order valence-corrected chi connectivity index (χ2v) is 4.91. The molecule has 0 unspecified atom stereocenters. The second kappa shape index (κ2) is 5.17. The fourth-order valence-corrected chi connectivity index (χ4v) is 2.50. The van der Waals surface area contributed by atoms with Crippen molar-refractivity contribution < 1.29 is 10.2 Å². The third kappa shape index (κ3) is 2.23. The van der Waals surface area contributed by atoms with Crippen LogP contribution >= 0.6 is 0 Å². The summed E-state index contributed by atoms with van der Waals surface area (Å²) in [4.78, 5) is 2.20. The summed E-state index contributed by atoms with van der Waals surface area (Å²) in [5.41, 5.74) is 0.926. The number of benzene rings is 1. The van der Waals surface area contributed by atoms with Crippen molar-refractivity contribution in [2.45, 2.75) is 24.8 Å². The van der Waals surface area contributed by atoms with E-state index in [4.69, 9.17) is 0 Å². The lowest BCUT2D eigenvalue weighted by Crippen LogP contribution is -2.62. The van der Waals surface area contributed by atoms with Crippen LogP contribution in [-0.4, -0.2) is 47.0 Å². The van der Waals surface area contributed by atoms with Crippen molar-refractivity contribution in [3.63, 3.8) is 0 Å². The number of hydrogen-bond acceptors (Lipinski definition) is 3. The molecule has 1 aromatic rings. The minimum Gasteiger partial charge on any atom is -0.394 e. The SMILES string of the molecule is CCC(CO)(CO)N1CC(c2ccccc2)C1. The van der Waals surface area contributed by atoms with Gasteiger partial charge < -0.3 is 10.2 Å². The lowest BCUT2D eigenvalue weighted by molar-refractivity contribution is -0.0591. The first-order chi connectivity index (χ1) is 8.25. The molecule has 0 spiro atoms. The summed E-state index contributed by atoms with van der Waals surface area (Å²) in [6, 6.07) is 10.4. The highest BCUT2D eigenvalue weighted by atomic mass is 16.3. The van der Waals surface area contributed by atoms with Crippen molar-refractivity contribution in [1.82, 2.24) is 4.90 Å². The molecule has 1 aliphatic heterocycles. The molecular weight excluding hydrogens is 214 g/mol. The van der Waals surface area contributed by atoms with Crippen LogP contribution in [0.2, 0.25) is 0 Å². The molecule has 94 valence electrons. The van der Waals surface area contributed by atoms with E-state index in [-0.39, 0.29) is 13.2 Å². The third-order valence-corrected chi connectivity index (χ3v) is 4.07. The normalized spacial score (nSPS) is 18.1. The molecule has 0 aromatic heterocycles. The summed E-state index contributed by atoms with van der Waals surface area (Å²) in [7, 11) is 0. The van der Waals surface area contributed by atoms with E-state index in [0.29, 0.717) is 5.92 Å². The molecule has 2 rings (SSSR count). The van der Waals surface area contributed by atoms with E-state index in [9.17, 15) is 10.2 Å². The van der Waals surface area contributed by atoms with Crippen LogP contribution < -0.4 is 0 Å². The van der Waals surface area contributed by atoms with Gasteiger partial charge in [0.05, 0.1) is 18.8 Å². The first kappa shape index (κ1) is 12.6. The lowest BCUT2D eigenvalue weighted by atomic mass is 9.84. The van der Waals surface area contributed by atoms with Crippen molar-refractivity contribution in [3.05, 3.63) is 35.9 Å². The average Bonchev–Trinajstić information content (AvgIpc) is 2.35. The number of likely N-dealkylation sites (tertiary alicyclic amines) is 1. The van der Waals surface area contributed by atoms with Crippen LogP contribution in [0.3, 0.4) is 0 Å². The molecule has 3 heteroatoms. The van der Waals surface area contributed by atoms with E-state index in [1.807, 2.05) is 13.0 Å². The van der Waals surface area contributed by atoms with E-state index < -0.39 is 5.54 Å². The second-order valence-electron chi connectivity index (χ2n) is 4.91. The van der Waals surface area contributed by atoms with E-state index in [1.165, 1.54) is 5.56 Å². The van der Waals surface area contributed by atoms with Gasteiger partial charge in [-0.25, -0.2) is 0 Å². The molecule has 0 aliphatic carbocycles. The smallest absolute Gasteiger partial charge is 0.0670 e. The monoisotopic (exact) mass is 235 g/mol. The van der Waals surface area contributed by atoms with Gasteiger partial charge in [0.2, 0.25) is 0 Å². The molecular formula is C14H21NO2. The highest BCUT2D eigenvalue weighted by molar-refractivity contribution is 5.23. The zero-order valence-corrected chi connectivity index (χ0v) is 10.3. The molecule has 1 fully saturated rings. The molecule has 1 aromatic carbocycles. The molecule has 3 nitrogen and oxygen atoms in total. The Labute approximate surface area is 103 Å². The van der Waals surface area contributed by atoms with Gasteiger partial charge in [-0.1, -0.05) is 37.3 Å². The Hall–Kier alpha value is -0.900. The fraction of sp³-hybridized carbons (Fsp3) is 0.571. The van der Waals surface area contributed by atoms with Crippen molar-refractivity contribution in [2.24, 2.45) is 0 Å². The van der Waals surface area contributed by atoms with E-state index in [0.717, 1.165) is 19.5 Å². The predicted molar refractivity (Wildman–Crippen MR) is 67.9 cm³/mol. The molecule has 1 saturated heterocycles. The van der Waals surface area contributed by atoms with Gasteiger partial charge in [-0.05, 0) is 12.0 Å². The largest absolute Gasteiger partial charge is 0.394 e. The Morgan fingerprint density at radius 1 is 1.18 bits per heavy atom. The first-order valence-electron chi connectivity index (χ1n) is 6.27. The standard InChI is InChI=1S/C14H21NO2/c1-2-14(10-16,11-17)15-8-13(9-15)12-6-4-3-5-7-12/h3-7,13,16-17H,2,8-11H2,1H3. The average molecular weight is 235 g/mol. The van der Waals surface area contributed by atoms with Gasteiger partial charge in [-0.3, -0.25) is 4.90 Å². The van der Waals surface area contributed by atoms with Crippen LogP contribution in [0.5, 0.6) is 0 Å². The van der Waals surface area contributed by atoms with Gasteiger partial charge in [0.1, 0.15) is 0 Å². The molecule has 0 bridgehead atoms. The van der Waals surface area contributed by atoms with Gasteiger partial charge in [-0.2, -0.15) is 0 Å². The zero-order chi connectivity index (χ0) is 12.3. The molecule has 0 amide bonds. The Balaban J connectivity index is 1.98. The van der Waals surface area contributed by atoms with Crippen LogP contribution in [0.25, 0.3) is 0 Å². The topological polar surface area (TPSA) is 43.7 Å². The lowest BCUT2D eigenvalue weighted by Gasteiger charge is -2.51. The van der Waals surface area contributed by atoms with Crippen LogP contribution in [0, 0.1) is 0 Å². The zero-order valence-electron chi connectivity index (χ0n) is 10.3. The third-order valence-electron chi connectivity index (χ3n) is 4.07. The maximum absolute atomic E-state index is 9.47. The minimum atomic E-state index is -0.425. The van der Waals surface area contributed by atoms with Gasteiger partial charge >= 0.3 is 0 Å². The summed E-state index contributed by atoms with van der Waals surface area (Å²) in [6.45, 7) is 3.93. The summed E-state index contributed by atoms with van der Waals surface area (Å²) >= 11 is 0. The number of aliphatic hydroxyl groups is 2. The molecule has 1 aliphatic rings. The van der Waals surface area contributed by atoms with Crippen LogP contribution in [0.1, 0.15) is 24.8 Å². The number of rotatable bonds is 5. The first-order valence-corrected chi connectivity index (χ1v) is 6.27. The molecule has 1 heterocycles. The molecule has 0 atom stereocenters. The maximum atomic E-state index is 9.47. The summed E-state index contributed by atoms with van der Waals surface area (Å²) in [5, 5.41) is 18.9. The molecule has 17 heavy (non-hydrogen) atoms. The quantitative estimate of drug-likeness (QED) is 0.806. The van der Waals surface area contributed by atoms with Gasteiger partial charge in [0.25, 0.3) is 0 Å². The van der Waals surface area contributed by atoms with E-state index in [2.05, 4.69) is 29.2 Å². The van der Waals surface area contributed by atoms with Crippen LogP contribution in [0.15, 0.2) is 30.3 Å². The highest BCUT2D eigenvalue weighted by Gasteiger charge is 2.42. The van der Waals surface area contributed by atoms with Crippen molar-refractivity contribution in [2.75, 3.05) is 26.3 Å². The summed E-state index contributed by atoms with van der Waals surface area (Å²) in [6.07, 6.45) is 0.779. The number of nitrogens with zero attached hydrogens (tertiary/aromatic N) is 1. The van der Waals surface area contributed by atoms with Crippen molar-refractivity contribution in [1.29, 1.82) is 0 Å². The summed E-state index contributed by atoms with van der Waals surface area (Å²) < 4.78 is 0. The molecule has 0 radical (unpaired) electrons. The number of aliphatic hydroxyl groups excluding tert-OH is 2. The predicted octanol–water partition coefficient (Wildman–Crippen LogP) is 1.22.